The van der Waals surface area contributed by atoms with Crippen molar-refractivity contribution in [3.63, 3.8) is 0 Å². The predicted molar refractivity (Wildman–Crippen MR) is 144 cm³/mol. The van der Waals surface area contributed by atoms with Gasteiger partial charge in [-0.3, -0.25) is 4.79 Å². The summed E-state index contributed by atoms with van der Waals surface area (Å²) in [7, 11) is 1.77. The lowest BCUT2D eigenvalue weighted by atomic mass is 9.98. The maximum absolute atomic E-state index is 15.3. The highest BCUT2D eigenvalue weighted by Crippen LogP contribution is 2.43. The molecule has 0 saturated carbocycles. The number of carbonyl (C=O) groups is 1. The largest absolute Gasteiger partial charge is 0.418 e. The predicted octanol–water partition coefficient (Wildman–Crippen LogP) is 5.57. The fraction of sp³-hybridized carbons (Fsp3) is 0.107. The molecular formula is C28H23F2N7O2. The Hall–Kier alpha value is -5.19. The SMILES string of the molecule is C=C(C)C(=O)Nc1ccc(-c2c(-c3cc(F)c(Oc4ncc(C)cn4)c(F)c3)c3c(N)ncnc3n2C)cc1. The number of carbonyl (C=O) groups excluding carboxylic acids is 1. The molecule has 196 valence electrons. The van der Waals surface area contributed by atoms with Crippen molar-refractivity contribution in [2.45, 2.75) is 13.8 Å². The summed E-state index contributed by atoms with van der Waals surface area (Å²) in [6, 6.07) is 9.09. The van der Waals surface area contributed by atoms with E-state index in [9.17, 15) is 4.79 Å². The Balaban J connectivity index is 1.64. The molecule has 2 aromatic carbocycles. The van der Waals surface area contributed by atoms with E-state index in [2.05, 4.69) is 31.8 Å². The zero-order valence-electron chi connectivity index (χ0n) is 21.3. The summed E-state index contributed by atoms with van der Waals surface area (Å²) in [5, 5.41) is 3.18. The van der Waals surface area contributed by atoms with Gasteiger partial charge in [0.15, 0.2) is 11.6 Å². The Morgan fingerprint density at radius 3 is 2.28 bits per heavy atom. The highest BCUT2D eigenvalue weighted by Gasteiger charge is 2.25. The van der Waals surface area contributed by atoms with Crippen LogP contribution in [0.1, 0.15) is 12.5 Å². The molecule has 0 atom stereocenters. The molecule has 1 amide bonds. The Kier molecular flexibility index (Phi) is 6.48. The topological polar surface area (TPSA) is 121 Å². The Bertz CT molecular complexity index is 1720. The number of nitrogens with two attached hydrogens (primary N) is 1. The number of benzene rings is 2. The standard InChI is InChI=1S/C28H23F2N7O2/c1-14(2)27(38)36-18-7-5-16(6-8-18)23-21(22-25(31)34-13-35-26(22)37(23)4)17-9-19(29)24(20(30)10-17)39-28-32-11-15(3)12-33-28/h5-13H,1H2,2-4H3,(H,36,38)(H2,31,34,35). The van der Waals surface area contributed by atoms with Gasteiger partial charge in [0, 0.05) is 36.3 Å². The summed E-state index contributed by atoms with van der Waals surface area (Å²) in [5.74, 6) is -2.70. The summed E-state index contributed by atoms with van der Waals surface area (Å²) >= 11 is 0. The van der Waals surface area contributed by atoms with Crippen molar-refractivity contribution in [2.24, 2.45) is 7.05 Å². The van der Waals surface area contributed by atoms with Gasteiger partial charge in [0.05, 0.1) is 11.1 Å². The number of ether oxygens (including phenoxy) is 1. The van der Waals surface area contributed by atoms with Crippen LogP contribution in [0.4, 0.5) is 20.3 Å². The first-order valence-corrected chi connectivity index (χ1v) is 11.8. The van der Waals surface area contributed by atoms with Gasteiger partial charge in [0.25, 0.3) is 5.91 Å². The molecule has 3 heterocycles. The van der Waals surface area contributed by atoms with E-state index in [4.69, 9.17) is 10.5 Å². The van der Waals surface area contributed by atoms with Crippen LogP contribution in [0.5, 0.6) is 11.8 Å². The number of fused-ring (bicyclic) bond motifs is 1. The molecule has 0 aliphatic rings. The molecule has 0 aliphatic carbocycles. The van der Waals surface area contributed by atoms with Gasteiger partial charge in [-0.15, -0.1) is 0 Å². The lowest BCUT2D eigenvalue weighted by Crippen LogP contribution is -2.11. The highest BCUT2D eigenvalue weighted by molar-refractivity contribution is 6.08. The molecule has 0 radical (unpaired) electrons. The molecule has 0 spiro atoms. The van der Waals surface area contributed by atoms with Gasteiger partial charge in [-0.25, -0.2) is 28.7 Å². The molecule has 0 unspecified atom stereocenters. The minimum Gasteiger partial charge on any atom is -0.418 e. The molecule has 9 nitrogen and oxygen atoms in total. The van der Waals surface area contributed by atoms with Crippen LogP contribution >= 0.6 is 0 Å². The first kappa shape index (κ1) is 25.5. The second kappa shape index (κ2) is 9.93. The summed E-state index contributed by atoms with van der Waals surface area (Å²) in [4.78, 5) is 28.3. The quantitative estimate of drug-likeness (QED) is 0.277. The van der Waals surface area contributed by atoms with Gasteiger partial charge in [0.2, 0.25) is 5.75 Å². The first-order chi connectivity index (χ1) is 18.6. The number of aromatic nitrogens is 5. The third-order valence-electron chi connectivity index (χ3n) is 6.04. The molecule has 5 rings (SSSR count). The van der Waals surface area contributed by atoms with Gasteiger partial charge < -0.3 is 20.4 Å². The zero-order valence-corrected chi connectivity index (χ0v) is 21.3. The van der Waals surface area contributed by atoms with Crippen LogP contribution in [0, 0.1) is 18.6 Å². The number of nitrogen functional groups attached to an aromatic ring is 1. The van der Waals surface area contributed by atoms with Gasteiger partial charge in [-0.1, -0.05) is 18.7 Å². The van der Waals surface area contributed by atoms with Crippen LogP contribution in [0.3, 0.4) is 0 Å². The zero-order chi connectivity index (χ0) is 27.8. The molecule has 3 N–H and O–H groups in total. The molecule has 0 aliphatic heterocycles. The van der Waals surface area contributed by atoms with Crippen LogP contribution in [0.15, 0.2) is 67.3 Å². The van der Waals surface area contributed by atoms with Crippen LogP contribution in [-0.2, 0) is 11.8 Å². The van der Waals surface area contributed by atoms with E-state index >= 15 is 8.78 Å². The smallest absolute Gasteiger partial charge is 0.322 e. The molecule has 39 heavy (non-hydrogen) atoms. The number of nitrogens with zero attached hydrogens (tertiary/aromatic N) is 5. The molecule has 0 fully saturated rings. The van der Waals surface area contributed by atoms with E-state index in [1.165, 1.54) is 18.7 Å². The number of anilines is 2. The van der Waals surface area contributed by atoms with Gasteiger partial charge in [-0.05, 0) is 54.8 Å². The van der Waals surface area contributed by atoms with E-state index in [1.54, 1.807) is 49.7 Å². The molecule has 11 heteroatoms. The lowest BCUT2D eigenvalue weighted by Gasteiger charge is -2.12. The molecular weight excluding hydrogens is 504 g/mol. The average Bonchev–Trinajstić information content (AvgIpc) is 3.21. The van der Waals surface area contributed by atoms with E-state index in [-0.39, 0.29) is 23.3 Å². The Morgan fingerprint density at radius 1 is 1.03 bits per heavy atom. The van der Waals surface area contributed by atoms with Crippen molar-refractivity contribution in [1.29, 1.82) is 0 Å². The van der Waals surface area contributed by atoms with Crippen molar-refractivity contribution in [2.75, 3.05) is 11.1 Å². The minimum absolute atomic E-state index is 0.149. The maximum atomic E-state index is 15.3. The number of hydrogen-bond acceptors (Lipinski definition) is 7. The number of hydrogen-bond donors (Lipinski definition) is 2. The number of amides is 1. The number of aryl methyl sites for hydroxylation is 2. The number of rotatable bonds is 6. The lowest BCUT2D eigenvalue weighted by molar-refractivity contribution is -0.112. The van der Waals surface area contributed by atoms with Gasteiger partial charge in [-0.2, -0.15) is 0 Å². The van der Waals surface area contributed by atoms with Crippen molar-refractivity contribution >= 4 is 28.4 Å². The van der Waals surface area contributed by atoms with Crippen molar-refractivity contribution < 1.29 is 18.3 Å². The Labute approximate surface area is 222 Å². The number of nitrogens with one attached hydrogen (secondary N) is 1. The minimum atomic E-state index is -0.953. The van der Waals surface area contributed by atoms with E-state index in [1.807, 2.05) is 0 Å². The van der Waals surface area contributed by atoms with Crippen LogP contribution < -0.4 is 15.8 Å². The van der Waals surface area contributed by atoms with Gasteiger partial charge >= 0.3 is 6.01 Å². The van der Waals surface area contributed by atoms with E-state index in [0.717, 1.165) is 17.7 Å². The summed E-state index contributed by atoms with van der Waals surface area (Å²) in [6.45, 7) is 7.03. The van der Waals surface area contributed by atoms with Crippen molar-refractivity contribution in [3.05, 3.63) is 84.5 Å². The third kappa shape index (κ3) is 4.77. The van der Waals surface area contributed by atoms with E-state index in [0.29, 0.717) is 39.1 Å². The molecule has 0 saturated heterocycles. The molecule has 3 aromatic heterocycles. The molecule has 5 aromatic rings. The normalized spacial score (nSPS) is 11.0. The number of halogens is 2. The Morgan fingerprint density at radius 2 is 1.67 bits per heavy atom. The van der Waals surface area contributed by atoms with Crippen molar-refractivity contribution in [1.82, 2.24) is 24.5 Å². The summed E-state index contributed by atoms with van der Waals surface area (Å²) < 4.78 is 37.7. The van der Waals surface area contributed by atoms with Crippen molar-refractivity contribution in [3.8, 4) is 34.1 Å². The third-order valence-corrected chi connectivity index (χ3v) is 6.04. The monoisotopic (exact) mass is 527 g/mol. The highest BCUT2D eigenvalue weighted by atomic mass is 19.1. The van der Waals surface area contributed by atoms with Crippen LogP contribution in [-0.4, -0.2) is 30.4 Å². The fourth-order valence-corrected chi connectivity index (χ4v) is 4.17. The summed E-state index contributed by atoms with van der Waals surface area (Å²) in [5.41, 5.74) is 10.3. The van der Waals surface area contributed by atoms with Crippen LogP contribution in [0.25, 0.3) is 33.4 Å². The maximum Gasteiger partial charge on any atom is 0.322 e. The first-order valence-electron chi connectivity index (χ1n) is 11.8. The van der Waals surface area contributed by atoms with E-state index < -0.39 is 17.4 Å². The molecule has 0 bridgehead atoms. The average molecular weight is 528 g/mol. The summed E-state index contributed by atoms with van der Waals surface area (Å²) in [6.07, 6.45) is 4.28. The fourth-order valence-electron chi connectivity index (χ4n) is 4.17. The second-order valence-corrected chi connectivity index (χ2v) is 8.97. The van der Waals surface area contributed by atoms with Gasteiger partial charge in [0.1, 0.15) is 17.8 Å². The van der Waals surface area contributed by atoms with Crippen LogP contribution in [0.2, 0.25) is 0 Å². The second-order valence-electron chi connectivity index (χ2n) is 8.97.